The number of nitrogens with zero attached hydrogens (tertiary/aromatic N) is 5. The molecule has 6 heteroatoms. The Balaban J connectivity index is 1.38. The fourth-order valence-electron chi connectivity index (χ4n) is 3.75. The van der Waals surface area contributed by atoms with Crippen LogP contribution in [0.3, 0.4) is 0 Å². The number of amidine groups is 1. The topological polar surface area (TPSA) is 45.9 Å². The first kappa shape index (κ1) is 19.9. The van der Waals surface area contributed by atoms with E-state index in [-0.39, 0.29) is 0 Å². The highest BCUT2D eigenvalue weighted by atomic mass is 16.5. The summed E-state index contributed by atoms with van der Waals surface area (Å²) in [5.74, 6) is 2.52. The summed E-state index contributed by atoms with van der Waals surface area (Å²) in [5, 5.41) is 11.3. The van der Waals surface area contributed by atoms with Crippen LogP contribution in [0.2, 0.25) is 0 Å². The Labute approximate surface area is 188 Å². The van der Waals surface area contributed by atoms with Gasteiger partial charge in [-0.05, 0) is 43.7 Å². The highest BCUT2D eigenvalue weighted by molar-refractivity contribution is 5.83. The maximum atomic E-state index is 6.19. The summed E-state index contributed by atoms with van der Waals surface area (Å²) in [6.45, 7) is 4.77. The molecular weight excluding hydrogens is 398 g/mol. The van der Waals surface area contributed by atoms with Crippen LogP contribution in [0.1, 0.15) is 12.6 Å². The average Bonchev–Trinajstić information content (AvgIpc) is 3.37. The second kappa shape index (κ2) is 8.23. The molecule has 0 spiro atoms. The van der Waals surface area contributed by atoms with Crippen molar-refractivity contribution >= 4 is 11.5 Å². The summed E-state index contributed by atoms with van der Waals surface area (Å²) in [4.78, 5) is 2.10. The fraction of sp³-hybridized carbons (Fsp3) is 0.154. The highest BCUT2D eigenvalue weighted by Crippen LogP contribution is 2.29. The van der Waals surface area contributed by atoms with Gasteiger partial charge in [0.05, 0.1) is 17.1 Å². The molecule has 0 unspecified atom stereocenters. The first-order chi connectivity index (χ1) is 15.6. The first-order valence-corrected chi connectivity index (χ1v) is 10.6. The molecule has 1 aliphatic heterocycles. The van der Waals surface area contributed by atoms with Crippen LogP contribution in [0.5, 0.6) is 11.5 Å². The van der Waals surface area contributed by atoms with E-state index in [0.29, 0.717) is 0 Å². The fourth-order valence-corrected chi connectivity index (χ4v) is 3.75. The predicted octanol–water partition coefficient (Wildman–Crippen LogP) is 5.68. The number of anilines is 1. The molecule has 0 bridgehead atoms. The first-order valence-electron chi connectivity index (χ1n) is 10.6. The van der Waals surface area contributed by atoms with Gasteiger partial charge in [-0.15, -0.1) is 0 Å². The Morgan fingerprint density at radius 1 is 0.812 bits per heavy atom. The summed E-state index contributed by atoms with van der Waals surface area (Å²) in [6.07, 6.45) is 2.06. The number of rotatable bonds is 5. The Hall–Kier alpha value is -4.06. The molecular formula is C26H25N5O. The molecule has 5 rings (SSSR count). The van der Waals surface area contributed by atoms with Crippen LogP contribution in [0.4, 0.5) is 5.69 Å². The lowest BCUT2D eigenvalue weighted by molar-refractivity contribution is 0.481. The SMILES string of the molecule is CC1=NN(c2cccc(Oc3cccc(-n4cc(-c5ccccc5)c(C)n4)c3)c2)CN1C. The van der Waals surface area contributed by atoms with Crippen molar-refractivity contribution in [1.29, 1.82) is 0 Å². The molecule has 6 nitrogen and oxygen atoms in total. The third kappa shape index (κ3) is 3.95. The van der Waals surface area contributed by atoms with Crippen LogP contribution in [0, 0.1) is 6.92 Å². The molecule has 2 heterocycles. The van der Waals surface area contributed by atoms with Gasteiger partial charge in [-0.2, -0.15) is 10.2 Å². The number of ether oxygens (including phenoxy) is 1. The quantitative estimate of drug-likeness (QED) is 0.414. The maximum Gasteiger partial charge on any atom is 0.129 e. The number of aromatic nitrogens is 2. The van der Waals surface area contributed by atoms with Crippen LogP contribution in [-0.4, -0.2) is 34.2 Å². The molecule has 0 fully saturated rings. The van der Waals surface area contributed by atoms with Crippen LogP contribution in [-0.2, 0) is 0 Å². The van der Waals surface area contributed by atoms with E-state index in [1.54, 1.807) is 0 Å². The molecule has 0 N–H and O–H groups in total. The van der Waals surface area contributed by atoms with Gasteiger partial charge in [-0.3, -0.25) is 0 Å². The molecule has 3 aromatic carbocycles. The van der Waals surface area contributed by atoms with E-state index in [0.717, 1.165) is 52.2 Å². The zero-order valence-electron chi connectivity index (χ0n) is 18.4. The minimum atomic E-state index is 0.729. The number of benzene rings is 3. The van der Waals surface area contributed by atoms with Gasteiger partial charge in [0.1, 0.15) is 24.0 Å². The van der Waals surface area contributed by atoms with Crippen LogP contribution < -0.4 is 9.75 Å². The standard InChI is InChI=1S/C26H25N5O/c1-19-26(21-9-5-4-6-10-21)17-30(27-19)22-11-7-13-24(15-22)32-25-14-8-12-23(16-25)31-18-29(3)20(2)28-31/h4-17H,18H2,1-3H3. The smallest absolute Gasteiger partial charge is 0.129 e. The van der Waals surface area contributed by atoms with Gasteiger partial charge in [0, 0.05) is 30.9 Å². The highest BCUT2D eigenvalue weighted by Gasteiger charge is 2.17. The van der Waals surface area contributed by atoms with Crippen molar-refractivity contribution in [3.05, 3.63) is 90.8 Å². The van der Waals surface area contributed by atoms with Crippen molar-refractivity contribution in [2.75, 3.05) is 18.7 Å². The predicted molar refractivity (Wildman–Crippen MR) is 128 cm³/mol. The lowest BCUT2D eigenvalue weighted by Crippen LogP contribution is -2.25. The second-order valence-corrected chi connectivity index (χ2v) is 7.92. The maximum absolute atomic E-state index is 6.19. The van der Waals surface area contributed by atoms with Crippen molar-refractivity contribution in [2.45, 2.75) is 13.8 Å². The van der Waals surface area contributed by atoms with Crippen molar-refractivity contribution < 1.29 is 4.74 Å². The van der Waals surface area contributed by atoms with E-state index < -0.39 is 0 Å². The van der Waals surface area contributed by atoms with E-state index in [2.05, 4.69) is 28.3 Å². The van der Waals surface area contributed by atoms with Crippen molar-refractivity contribution in [3.63, 3.8) is 0 Å². The molecule has 160 valence electrons. The van der Waals surface area contributed by atoms with E-state index in [1.165, 1.54) is 0 Å². The Kier molecular flexibility index (Phi) is 5.11. The molecule has 4 aromatic rings. The molecule has 1 aliphatic rings. The zero-order valence-corrected chi connectivity index (χ0v) is 18.4. The molecule has 0 aliphatic carbocycles. The Morgan fingerprint density at radius 3 is 2.19 bits per heavy atom. The largest absolute Gasteiger partial charge is 0.457 e. The summed E-state index contributed by atoms with van der Waals surface area (Å²) in [6, 6.07) is 26.3. The number of aryl methyl sites for hydroxylation is 1. The molecule has 1 aromatic heterocycles. The lowest BCUT2D eigenvalue weighted by atomic mass is 10.1. The third-order valence-corrected chi connectivity index (χ3v) is 5.58. The Morgan fingerprint density at radius 2 is 1.50 bits per heavy atom. The van der Waals surface area contributed by atoms with E-state index in [9.17, 15) is 0 Å². The second-order valence-electron chi connectivity index (χ2n) is 7.92. The van der Waals surface area contributed by atoms with Crippen LogP contribution in [0.15, 0.2) is 90.2 Å². The van der Waals surface area contributed by atoms with E-state index in [4.69, 9.17) is 9.84 Å². The van der Waals surface area contributed by atoms with Gasteiger partial charge in [0.15, 0.2) is 0 Å². The minimum absolute atomic E-state index is 0.729. The summed E-state index contributed by atoms with van der Waals surface area (Å²) < 4.78 is 8.09. The van der Waals surface area contributed by atoms with Crippen LogP contribution in [0.25, 0.3) is 16.8 Å². The van der Waals surface area contributed by atoms with Gasteiger partial charge in [-0.1, -0.05) is 42.5 Å². The molecule has 32 heavy (non-hydrogen) atoms. The average molecular weight is 424 g/mol. The van der Waals surface area contributed by atoms with E-state index >= 15 is 0 Å². The molecule has 0 amide bonds. The summed E-state index contributed by atoms with van der Waals surface area (Å²) in [7, 11) is 2.03. The van der Waals surface area contributed by atoms with Gasteiger partial charge in [-0.25, -0.2) is 9.69 Å². The minimum Gasteiger partial charge on any atom is -0.457 e. The molecule has 0 saturated carbocycles. The number of hydrogen-bond donors (Lipinski definition) is 0. The van der Waals surface area contributed by atoms with Crippen molar-refractivity contribution in [3.8, 4) is 28.3 Å². The summed E-state index contributed by atoms with van der Waals surface area (Å²) in [5.41, 5.74) is 5.21. The number of hydrogen-bond acceptors (Lipinski definition) is 5. The molecule has 0 atom stereocenters. The molecule has 0 radical (unpaired) electrons. The third-order valence-electron chi connectivity index (χ3n) is 5.58. The van der Waals surface area contributed by atoms with Gasteiger partial charge >= 0.3 is 0 Å². The van der Waals surface area contributed by atoms with Crippen LogP contribution >= 0.6 is 0 Å². The zero-order chi connectivity index (χ0) is 22.1. The van der Waals surface area contributed by atoms with Gasteiger partial charge in [0.25, 0.3) is 0 Å². The van der Waals surface area contributed by atoms with Crippen molar-refractivity contribution in [1.82, 2.24) is 14.7 Å². The summed E-state index contributed by atoms with van der Waals surface area (Å²) >= 11 is 0. The van der Waals surface area contributed by atoms with Gasteiger partial charge < -0.3 is 9.64 Å². The van der Waals surface area contributed by atoms with E-state index in [1.807, 2.05) is 97.3 Å². The Bertz CT molecular complexity index is 1280. The number of hydrazone groups is 1. The lowest BCUT2D eigenvalue weighted by Gasteiger charge is -2.17. The molecule has 0 saturated heterocycles. The normalized spacial score (nSPS) is 13.4. The van der Waals surface area contributed by atoms with Crippen molar-refractivity contribution in [2.24, 2.45) is 5.10 Å². The van der Waals surface area contributed by atoms with Gasteiger partial charge in [0.2, 0.25) is 0 Å². The monoisotopic (exact) mass is 423 g/mol.